The molecule has 0 radical (unpaired) electrons. The van der Waals surface area contributed by atoms with Crippen molar-refractivity contribution in [2.45, 2.75) is 379 Å². The average Bonchev–Trinajstić information content (AvgIpc) is 0.843. The fraction of sp³-hybridized carbons (Fsp3) is 0.730. The molecule has 2 aromatic rings. The van der Waals surface area contributed by atoms with Gasteiger partial charge in [0.1, 0.15) is 11.5 Å². The number of benzene rings is 2. The minimum Gasteiger partial charge on any atom is -0.494 e. The summed E-state index contributed by atoms with van der Waals surface area (Å²) in [7, 11) is 0. The third kappa shape index (κ3) is 67.0. The van der Waals surface area contributed by atoms with Crippen molar-refractivity contribution >= 4 is 77.6 Å². The minimum atomic E-state index is -0.412. The van der Waals surface area contributed by atoms with Crippen molar-refractivity contribution < 1.29 is 129 Å². The number of rotatable bonds is 82. The molecule has 0 aliphatic heterocycles. The van der Waals surface area contributed by atoms with Crippen molar-refractivity contribution in [2.75, 3.05) is 85.9 Å². The Hall–Kier alpha value is -8.91. The molecule has 0 amide bonds. The van der Waals surface area contributed by atoms with Crippen molar-refractivity contribution in [3.05, 3.63) is 71.8 Å². The van der Waals surface area contributed by atoms with Crippen molar-refractivity contribution in [1.82, 2.24) is 0 Å². The van der Waals surface area contributed by atoms with Gasteiger partial charge < -0.3 is 66.3 Å². The molecule has 127 heavy (non-hydrogen) atoms. The van der Waals surface area contributed by atoms with E-state index in [1.54, 1.807) is 31.2 Å². The van der Waals surface area contributed by atoms with Crippen molar-refractivity contribution in [2.24, 2.45) is 5.92 Å². The number of carbonyl (C=O) groups is 13. The fourth-order valence-electron chi connectivity index (χ4n) is 14.0. The first-order chi connectivity index (χ1) is 61.8. The lowest BCUT2D eigenvalue weighted by Crippen LogP contribution is -2.13. The maximum Gasteiger partial charge on any atom is 0.343 e. The second-order valence-corrected chi connectivity index (χ2v) is 33.2. The van der Waals surface area contributed by atoms with Crippen molar-refractivity contribution in [1.29, 1.82) is 0 Å². The third-order valence-corrected chi connectivity index (χ3v) is 21.8. The topological polar surface area (TPSA) is 351 Å². The van der Waals surface area contributed by atoms with Gasteiger partial charge in [0, 0.05) is 76.2 Å². The molecule has 0 aromatic heterocycles. The number of esters is 13. The zero-order chi connectivity index (χ0) is 91.9. The van der Waals surface area contributed by atoms with Gasteiger partial charge in [-0.05, 0) is 324 Å². The van der Waals surface area contributed by atoms with Crippen LogP contribution in [0, 0.1) is 5.92 Å². The van der Waals surface area contributed by atoms with Crippen LogP contribution in [0.3, 0.4) is 0 Å². The van der Waals surface area contributed by atoms with E-state index < -0.39 is 11.9 Å². The van der Waals surface area contributed by atoms with Gasteiger partial charge in [0.05, 0.1) is 91.5 Å². The van der Waals surface area contributed by atoms with Crippen LogP contribution in [0.4, 0.5) is 0 Å². The Labute approximate surface area is 757 Å². The maximum absolute atomic E-state index is 12.9. The van der Waals surface area contributed by atoms with Gasteiger partial charge in [0.15, 0.2) is 0 Å². The number of unbranched alkanes of at least 4 members (excludes halogenated alkanes) is 27. The molecule has 2 aromatic carbocycles. The lowest BCUT2D eigenvalue weighted by atomic mass is 9.77. The van der Waals surface area contributed by atoms with Gasteiger partial charge in [-0.1, -0.05) is 51.3 Å². The molecule has 0 spiro atoms. The van der Waals surface area contributed by atoms with Crippen LogP contribution in [0.2, 0.25) is 0 Å². The molecule has 27 nitrogen and oxygen atoms in total. The lowest BCUT2D eigenvalue weighted by Gasteiger charge is -2.29. The average molecular weight is 1790 g/mol. The van der Waals surface area contributed by atoms with Gasteiger partial charge in [0.25, 0.3) is 0 Å². The van der Waals surface area contributed by atoms with E-state index in [0.29, 0.717) is 261 Å². The number of hydrogen-bond donors (Lipinski definition) is 0. The minimum absolute atomic E-state index is 0.223. The summed E-state index contributed by atoms with van der Waals surface area (Å²) in [6.07, 6.45) is 39.0. The maximum atomic E-state index is 12.9. The normalized spacial score (nSPS) is 12.8. The van der Waals surface area contributed by atoms with Crippen LogP contribution in [-0.2, 0) is 114 Å². The Morgan fingerprint density at radius 2 is 0.488 bits per heavy atom. The quantitative estimate of drug-likeness (QED) is 0.0195. The summed E-state index contributed by atoms with van der Waals surface area (Å²) >= 11 is 0. The summed E-state index contributed by atoms with van der Waals surface area (Å²) < 4.78 is 75.1. The summed E-state index contributed by atoms with van der Waals surface area (Å²) in [6, 6.07) is 15.0. The van der Waals surface area contributed by atoms with E-state index >= 15 is 0 Å². The highest BCUT2D eigenvalue weighted by Crippen LogP contribution is 2.38. The first-order valence-electron chi connectivity index (χ1n) is 48.4. The van der Waals surface area contributed by atoms with Crippen LogP contribution in [0.1, 0.15) is 395 Å². The van der Waals surface area contributed by atoms with Crippen LogP contribution >= 0.6 is 0 Å². The molecule has 0 bridgehead atoms. The smallest absolute Gasteiger partial charge is 0.343 e. The van der Waals surface area contributed by atoms with Gasteiger partial charge in [0.2, 0.25) is 0 Å². The number of ether oxygens (including phenoxy) is 14. The molecule has 0 N–H and O–H groups in total. The van der Waals surface area contributed by atoms with Crippen molar-refractivity contribution in [3.8, 4) is 11.5 Å². The van der Waals surface area contributed by atoms with Gasteiger partial charge in [-0.3, -0.25) is 52.7 Å². The van der Waals surface area contributed by atoms with E-state index in [1.165, 1.54) is 56.9 Å². The van der Waals surface area contributed by atoms with Gasteiger partial charge in [-0.2, -0.15) is 0 Å². The molecule has 0 atom stereocenters. The molecular weight excluding hydrogens is 1630 g/mol. The lowest BCUT2D eigenvalue weighted by molar-refractivity contribution is -0.146. The van der Waals surface area contributed by atoms with Crippen LogP contribution in [0.25, 0.3) is 0 Å². The number of carbonyl (C=O) groups excluding carboxylic acids is 13. The van der Waals surface area contributed by atoms with Gasteiger partial charge in [-0.15, -0.1) is 0 Å². The number of hydrogen-bond acceptors (Lipinski definition) is 27. The van der Waals surface area contributed by atoms with E-state index in [2.05, 4.69) is 25.6 Å². The standard InChI is InChI=1S/C100H156O27/c1-4-5-19-44-82-56-58-83(59-57-82)84-60-66-87(67-61-84)127-100(113)85-62-64-86(65-63-85)114-68-31-6-7-32-69-115-88(101)45-20-8-33-70-116-89(102)46-21-9-34-71-117-90(103)47-22-10-35-72-118-91(104)48-23-11-36-73-119-92(105)49-24-12-37-74-120-93(106)50-25-13-38-75-121-94(107)51-26-14-39-76-122-95(108)52-27-15-40-77-123-96(109)53-28-16-41-78-124-97(110)54-29-17-42-79-125-98(111)55-30-18-43-80-126-99(112)81(2)3/h60-67,82-83H,2,4-59,68-80H2,1,3H3. The molecule has 27 heteroatoms. The second-order valence-electron chi connectivity index (χ2n) is 33.2. The summed E-state index contributed by atoms with van der Waals surface area (Å²) in [5.41, 5.74) is 2.15. The predicted octanol–water partition coefficient (Wildman–Crippen LogP) is 21.0. The highest BCUT2D eigenvalue weighted by atomic mass is 16.6. The monoisotopic (exact) mass is 1790 g/mol. The highest BCUT2D eigenvalue weighted by Gasteiger charge is 2.23. The highest BCUT2D eigenvalue weighted by molar-refractivity contribution is 5.91. The molecule has 1 aliphatic rings. The molecule has 718 valence electrons. The molecule has 1 fully saturated rings. The Bertz CT molecular complexity index is 3320. The first-order valence-corrected chi connectivity index (χ1v) is 48.4. The summed E-state index contributed by atoms with van der Waals surface area (Å²) in [5.74, 6) is -1.15. The van der Waals surface area contributed by atoms with E-state index in [1.807, 2.05) is 12.1 Å². The molecule has 3 rings (SSSR count). The zero-order valence-electron chi connectivity index (χ0n) is 77.3. The van der Waals surface area contributed by atoms with E-state index in [-0.39, 0.29) is 170 Å². The molecule has 0 unspecified atom stereocenters. The summed E-state index contributed by atoms with van der Waals surface area (Å²) in [4.78, 5) is 158. The summed E-state index contributed by atoms with van der Waals surface area (Å²) in [5, 5.41) is 0. The largest absolute Gasteiger partial charge is 0.494 e. The van der Waals surface area contributed by atoms with Crippen LogP contribution < -0.4 is 9.47 Å². The zero-order valence-corrected chi connectivity index (χ0v) is 77.3. The Morgan fingerprint density at radius 3 is 0.732 bits per heavy atom. The first kappa shape index (κ1) is 112. The SMILES string of the molecule is C=C(C)C(=O)OCCCCCC(=O)OCCCCCC(=O)OCCCCCC(=O)OCCCCCC(=O)OCCCCCC(=O)OCCCCCC(=O)OCCCCCC(=O)OCCCCCC(=O)OCCCCCC(=O)OCCCCCC(=O)OCCCCCC(=O)OCCCCCCOc1ccc(C(=O)Oc2ccc(C3CCC(CCCCC)CC3)cc2)cc1. The molecule has 1 saturated carbocycles. The van der Waals surface area contributed by atoms with E-state index in [4.69, 9.17) is 66.3 Å². The van der Waals surface area contributed by atoms with Crippen LogP contribution in [-0.4, -0.2) is 163 Å². The molecule has 0 saturated heterocycles. The second kappa shape index (κ2) is 78.2. The fourth-order valence-corrected chi connectivity index (χ4v) is 14.0. The molecule has 1 aliphatic carbocycles. The van der Waals surface area contributed by atoms with Crippen molar-refractivity contribution in [3.63, 3.8) is 0 Å². The Kier molecular flexibility index (Phi) is 69.1. The van der Waals surface area contributed by atoms with Crippen LogP contribution in [0.5, 0.6) is 11.5 Å². The predicted molar refractivity (Wildman–Crippen MR) is 480 cm³/mol. The van der Waals surface area contributed by atoms with Gasteiger partial charge in [-0.25, -0.2) is 9.59 Å². The van der Waals surface area contributed by atoms with E-state index in [0.717, 1.165) is 63.7 Å². The Morgan fingerprint density at radius 1 is 0.260 bits per heavy atom. The van der Waals surface area contributed by atoms with Gasteiger partial charge >= 0.3 is 77.6 Å². The third-order valence-electron chi connectivity index (χ3n) is 21.8. The molecular formula is C100H156O27. The Balaban J connectivity index is 0.950. The molecule has 0 heterocycles. The summed E-state index contributed by atoms with van der Waals surface area (Å²) in [6.45, 7) is 11.4. The van der Waals surface area contributed by atoms with Crippen LogP contribution in [0.15, 0.2) is 60.7 Å². The van der Waals surface area contributed by atoms with E-state index in [9.17, 15) is 62.3 Å².